The van der Waals surface area contributed by atoms with Gasteiger partial charge in [-0.15, -0.1) is 0 Å². The van der Waals surface area contributed by atoms with E-state index in [0.29, 0.717) is 18.5 Å². The Bertz CT molecular complexity index is 490. The zero-order chi connectivity index (χ0) is 12.7. The van der Waals surface area contributed by atoms with E-state index in [1.165, 1.54) is 6.07 Å². The zero-order valence-corrected chi connectivity index (χ0v) is 9.41. The molecule has 0 heterocycles. The van der Waals surface area contributed by atoms with Gasteiger partial charge in [0.2, 0.25) is 0 Å². The summed E-state index contributed by atoms with van der Waals surface area (Å²) in [7, 11) is 0. The molecule has 0 amide bonds. The molecule has 0 aliphatic carbocycles. The van der Waals surface area contributed by atoms with Gasteiger partial charge in [0, 0.05) is 17.5 Å². The van der Waals surface area contributed by atoms with Crippen molar-refractivity contribution in [2.75, 3.05) is 6.54 Å². The second-order valence-corrected chi connectivity index (χ2v) is 3.41. The number of benzene rings is 1. The van der Waals surface area contributed by atoms with Gasteiger partial charge in [0.15, 0.2) is 0 Å². The molecule has 0 aromatic heterocycles. The van der Waals surface area contributed by atoms with Crippen LogP contribution in [0.1, 0.15) is 17.5 Å². The van der Waals surface area contributed by atoms with Gasteiger partial charge in [-0.25, -0.2) is 0 Å². The molecule has 1 rings (SSSR count). The molecule has 1 aromatic carbocycles. The highest BCUT2D eigenvalue weighted by molar-refractivity contribution is 5.64. The van der Waals surface area contributed by atoms with Crippen molar-refractivity contribution in [3.63, 3.8) is 0 Å². The highest BCUT2D eigenvalue weighted by Gasteiger charge is 2.12. The van der Waals surface area contributed by atoms with Crippen molar-refractivity contribution < 1.29 is 4.92 Å². The lowest BCUT2D eigenvalue weighted by molar-refractivity contribution is -0.385. The van der Waals surface area contributed by atoms with Gasteiger partial charge in [-0.1, -0.05) is 29.4 Å². The molecule has 0 saturated heterocycles. The molecule has 0 unspecified atom stereocenters. The van der Waals surface area contributed by atoms with E-state index in [2.05, 4.69) is 10.0 Å². The van der Waals surface area contributed by atoms with Crippen LogP contribution in [0.3, 0.4) is 0 Å². The fourth-order valence-corrected chi connectivity index (χ4v) is 1.42. The number of nitro benzene ring substituents is 1. The standard InChI is InChI=1S/C11H12N4O2/c1-9-5-4-7-11(15(16)17)10(9)6-2-3-8-13-14-12/h2,4-7H,3,8H2,1H3. The van der Waals surface area contributed by atoms with Crippen LogP contribution in [0.2, 0.25) is 0 Å². The predicted octanol–water partition coefficient (Wildman–Crippen LogP) is 3.62. The average molecular weight is 232 g/mol. The lowest BCUT2D eigenvalue weighted by Crippen LogP contribution is -1.93. The third-order valence-electron chi connectivity index (χ3n) is 2.24. The largest absolute Gasteiger partial charge is 0.276 e. The number of hydrogen-bond donors (Lipinski definition) is 0. The topological polar surface area (TPSA) is 91.9 Å². The summed E-state index contributed by atoms with van der Waals surface area (Å²) in [6, 6.07) is 4.95. The second-order valence-electron chi connectivity index (χ2n) is 3.41. The Labute approximate surface area is 98.4 Å². The Kier molecular flexibility index (Phi) is 4.72. The maximum atomic E-state index is 10.8. The highest BCUT2D eigenvalue weighted by atomic mass is 16.6. The first-order valence-electron chi connectivity index (χ1n) is 5.08. The van der Waals surface area contributed by atoms with Crippen LogP contribution in [0, 0.1) is 17.0 Å². The molecule has 0 spiro atoms. The summed E-state index contributed by atoms with van der Waals surface area (Å²) in [5.41, 5.74) is 9.62. The Balaban J connectivity index is 2.89. The molecule has 88 valence electrons. The van der Waals surface area contributed by atoms with Gasteiger partial charge >= 0.3 is 0 Å². The fraction of sp³-hybridized carbons (Fsp3) is 0.273. The smallest absolute Gasteiger partial charge is 0.258 e. The first kappa shape index (κ1) is 12.7. The van der Waals surface area contributed by atoms with Crippen LogP contribution < -0.4 is 0 Å². The quantitative estimate of drug-likeness (QED) is 0.194. The van der Waals surface area contributed by atoms with Crippen LogP contribution in [0.5, 0.6) is 0 Å². The summed E-state index contributed by atoms with van der Waals surface area (Å²) in [6.45, 7) is 2.17. The summed E-state index contributed by atoms with van der Waals surface area (Å²) in [4.78, 5) is 13.0. The maximum absolute atomic E-state index is 10.8. The molecule has 6 nitrogen and oxygen atoms in total. The van der Waals surface area contributed by atoms with Crippen LogP contribution in [-0.2, 0) is 0 Å². The third kappa shape index (κ3) is 3.62. The van der Waals surface area contributed by atoms with E-state index < -0.39 is 4.92 Å². The maximum Gasteiger partial charge on any atom is 0.276 e. The van der Waals surface area contributed by atoms with Crippen LogP contribution >= 0.6 is 0 Å². The monoisotopic (exact) mass is 232 g/mol. The van der Waals surface area contributed by atoms with E-state index in [1.54, 1.807) is 18.2 Å². The normalized spacial score (nSPS) is 10.2. The minimum absolute atomic E-state index is 0.0880. The third-order valence-corrected chi connectivity index (χ3v) is 2.24. The molecule has 0 fully saturated rings. The number of nitrogens with zero attached hydrogens (tertiary/aromatic N) is 4. The Morgan fingerprint density at radius 2 is 2.35 bits per heavy atom. The molecule has 0 atom stereocenters. The molecule has 0 aliphatic heterocycles. The van der Waals surface area contributed by atoms with E-state index in [1.807, 2.05) is 13.0 Å². The Hall–Kier alpha value is -2.33. The number of aryl methyl sites for hydroxylation is 1. The van der Waals surface area contributed by atoms with Crippen molar-refractivity contribution in [3.05, 3.63) is 56.0 Å². The summed E-state index contributed by atoms with van der Waals surface area (Å²) in [5.74, 6) is 0. The SMILES string of the molecule is Cc1cccc([N+](=O)[O-])c1C=CCCN=[N+]=[N-]. The van der Waals surface area contributed by atoms with Crippen LogP contribution in [-0.4, -0.2) is 11.5 Å². The molecule has 1 aromatic rings. The van der Waals surface area contributed by atoms with Crippen molar-refractivity contribution in [1.82, 2.24) is 0 Å². The number of azide groups is 1. The van der Waals surface area contributed by atoms with E-state index in [9.17, 15) is 10.1 Å². The molecular formula is C11H12N4O2. The van der Waals surface area contributed by atoms with Crippen molar-refractivity contribution in [3.8, 4) is 0 Å². The van der Waals surface area contributed by atoms with Gasteiger partial charge in [-0.2, -0.15) is 0 Å². The van der Waals surface area contributed by atoms with E-state index in [-0.39, 0.29) is 5.69 Å². The predicted molar refractivity (Wildman–Crippen MR) is 65.5 cm³/mol. The summed E-state index contributed by atoms with van der Waals surface area (Å²) >= 11 is 0. The lowest BCUT2D eigenvalue weighted by Gasteiger charge is -2.01. The molecule has 0 radical (unpaired) electrons. The Morgan fingerprint density at radius 1 is 1.59 bits per heavy atom. The van der Waals surface area contributed by atoms with Crippen LogP contribution in [0.15, 0.2) is 29.4 Å². The first-order valence-corrected chi connectivity index (χ1v) is 5.08. The molecule has 0 N–H and O–H groups in total. The van der Waals surface area contributed by atoms with Gasteiger partial charge < -0.3 is 0 Å². The number of hydrogen-bond acceptors (Lipinski definition) is 3. The minimum atomic E-state index is -0.403. The first-order chi connectivity index (χ1) is 8.16. The lowest BCUT2D eigenvalue weighted by atomic mass is 10.1. The summed E-state index contributed by atoms with van der Waals surface area (Å²) in [5, 5.41) is 14.2. The van der Waals surface area contributed by atoms with Gasteiger partial charge in [0.05, 0.1) is 10.5 Å². The van der Waals surface area contributed by atoms with Crippen LogP contribution in [0.25, 0.3) is 16.5 Å². The summed E-state index contributed by atoms with van der Waals surface area (Å²) < 4.78 is 0. The van der Waals surface area contributed by atoms with E-state index in [4.69, 9.17) is 5.53 Å². The van der Waals surface area contributed by atoms with Gasteiger partial charge in [0.1, 0.15) is 0 Å². The minimum Gasteiger partial charge on any atom is -0.258 e. The van der Waals surface area contributed by atoms with Crippen molar-refractivity contribution in [2.45, 2.75) is 13.3 Å². The van der Waals surface area contributed by atoms with Gasteiger partial charge in [-0.05, 0) is 24.4 Å². The van der Waals surface area contributed by atoms with Gasteiger partial charge in [-0.3, -0.25) is 10.1 Å². The second kappa shape index (κ2) is 6.30. The van der Waals surface area contributed by atoms with Crippen molar-refractivity contribution >= 4 is 11.8 Å². The van der Waals surface area contributed by atoms with Crippen molar-refractivity contribution in [1.29, 1.82) is 0 Å². The number of rotatable bonds is 5. The van der Waals surface area contributed by atoms with E-state index in [0.717, 1.165) is 5.56 Å². The molecule has 0 aliphatic rings. The molecule has 6 heteroatoms. The Morgan fingerprint density at radius 3 is 3.00 bits per heavy atom. The fourth-order valence-electron chi connectivity index (χ4n) is 1.42. The molecule has 0 saturated carbocycles. The van der Waals surface area contributed by atoms with E-state index >= 15 is 0 Å². The molecule has 0 bridgehead atoms. The number of nitro groups is 1. The zero-order valence-electron chi connectivity index (χ0n) is 9.41. The average Bonchev–Trinajstić information content (AvgIpc) is 2.30. The van der Waals surface area contributed by atoms with Crippen molar-refractivity contribution in [2.24, 2.45) is 5.11 Å². The molecular weight excluding hydrogens is 220 g/mol. The van der Waals surface area contributed by atoms with Crippen LogP contribution in [0.4, 0.5) is 5.69 Å². The summed E-state index contributed by atoms with van der Waals surface area (Å²) in [6.07, 6.45) is 4.03. The highest BCUT2D eigenvalue weighted by Crippen LogP contribution is 2.23. The van der Waals surface area contributed by atoms with Gasteiger partial charge in [0.25, 0.3) is 5.69 Å². The molecule has 17 heavy (non-hydrogen) atoms.